The highest BCUT2D eigenvalue weighted by Gasteiger charge is 2.25. The maximum absolute atomic E-state index is 2.46. The van der Waals surface area contributed by atoms with Gasteiger partial charge in [0.2, 0.25) is 0 Å². The van der Waals surface area contributed by atoms with Crippen molar-refractivity contribution < 1.29 is 0 Å². The fourth-order valence-electron chi connectivity index (χ4n) is 8.41. The molecule has 0 radical (unpaired) electrons. The van der Waals surface area contributed by atoms with E-state index in [1.807, 2.05) is 0 Å². The van der Waals surface area contributed by atoms with Gasteiger partial charge in [-0.1, -0.05) is 121 Å². The van der Waals surface area contributed by atoms with Crippen LogP contribution in [0.2, 0.25) is 0 Å². The van der Waals surface area contributed by atoms with Gasteiger partial charge in [0.25, 0.3) is 0 Å². The first-order chi connectivity index (χ1) is 25.6. The van der Waals surface area contributed by atoms with E-state index in [-0.39, 0.29) is 0 Å². The van der Waals surface area contributed by atoms with Gasteiger partial charge in [0.1, 0.15) is 0 Å². The quantitative estimate of drug-likeness (QED) is 0.158. The molecule has 2 aliphatic rings. The van der Waals surface area contributed by atoms with Crippen LogP contribution in [0.4, 0.5) is 34.1 Å². The van der Waals surface area contributed by atoms with E-state index in [1.165, 1.54) is 120 Å². The van der Waals surface area contributed by atoms with Gasteiger partial charge in [-0.25, -0.2) is 0 Å². The maximum Gasteiger partial charge on any atom is 0.0573 e. The minimum atomic E-state index is 1.16. The number of anilines is 6. The molecule has 0 aliphatic heterocycles. The van der Waals surface area contributed by atoms with Crippen molar-refractivity contribution >= 4 is 57.0 Å². The normalized spacial score (nSPS) is 14.7. The summed E-state index contributed by atoms with van der Waals surface area (Å²) >= 11 is 0. The predicted octanol–water partition coefficient (Wildman–Crippen LogP) is 15.1. The Morgan fingerprint density at radius 1 is 0.365 bits per heavy atom. The lowest BCUT2D eigenvalue weighted by Gasteiger charge is -2.34. The second-order valence-corrected chi connectivity index (χ2v) is 14.7. The topological polar surface area (TPSA) is 6.48 Å². The van der Waals surface area contributed by atoms with Crippen molar-refractivity contribution in [3.05, 3.63) is 167 Å². The number of hydrogen-bond donors (Lipinski definition) is 0. The lowest BCUT2D eigenvalue weighted by molar-refractivity contribution is 0.602. The average Bonchev–Trinajstić information content (AvgIpc) is 3.20. The molecule has 0 atom stereocenters. The Morgan fingerprint density at radius 2 is 0.692 bits per heavy atom. The third-order valence-electron chi connectivity index (χ3n) is 11.2. The fourth-order valence-corrected chi connectivity index (χ4v) is 8.41. The van der Waals surface area contributed by atoms with E-state index in [0.717, 1.165) is 11.4 Å². The molecule has 52 heavy (non-hydrogen) atoms. The molecule has 260 valence electrons. The highest BCUT2D eigenvalue weighted by atomic mass is 15.2. The van der Waals surface area contributed by atoms with Crippen molar-refractivity contribution in [2.75, 3.05) is 9.80 Å². The molecule has 0 spiro atoms. The zero-order valence-corrected chi connectivity index (χ0v) is 30.8. The Morgan fingerprint density at radius 3 is 1.06 bits per heavy atom. The molecular weight excluding hydrogens is 629 g/mol. The van der Waals surface area contributed by atoms with Gasteiger partial charge in [-0.15, -0.1) is 0 Å². The third kappa shape index (κ3) is 7.08. The molecule has 2 nitrogen and oxygen atoms in total. The highest BCUT2D eigenvalue weighted by Crippen LogP contribution is 2.49. The maximum atomic E-state index is 2.46. The molecular formula is C50H50N2. The molecule has 2 aliphatic carbocycles. The Labute approximate surface area is 310 Å². The fraction of sp³-hybridized carbons (Fsp3) is 0.240. The third-order valence-corrected chi connectivity index (χ3v) is 11.2. The zero-order chi connectivity index (χ0) is 35.3. The number of benzene rings is 6. The molecule has 8 rings (SSSR count). The Kier molecular flexibility index (Phi) is 10.1. The average molecular weight is 679 g/mol. The van der Waals surface area contributed by atoms with Crippen molar-refractivity contribution in [3.8, 4) is 0 Å². The summed E-state index contributed by atoms with van der Waals surface area (Å²) in [5.74, 6) is 0. The monoisotopic (exact) mass is 678 g/mol. The Bertz CT molecular complexity index is 2020. The largest absolute Gasteiger partial charge is 0.310 e. The second-order valence-electron chi connectivity index (χ2n) is 14.7. The molecule has 6 aromatic carbocycles. The smallest absolute Gasteiger partial charge is 0.0573 e. The van der Waals surface area contributed by atoms with Crippen molar-refractivity contribution in [2.24, 2.45) is 0 Å². The molecule has 0 N–H and O–H groups in total. The van der Waals surface area contributed by atoms with Gasteiger partial charge >= 0.3 is 0 Å². The summed E-state index contributed by atoms with van der Waals surface area (Å²) in [6.07, 6.45) is 17.8. The molecule has 0 amide bonds. The van der Waals surface area contributed by atoms with E-state index in [9.17, 15) is 0 Å². The summed E-state index contributed by atoms with van der Waals surface area (Å²) in [5.41, 5.74) is 15.4. The van der Waals surface area contributed by atoms with E-state index in [2.05, 4.69) is 169 Å². The van der Waals surface area contributed by atoms with Crippen molar-refractivity contribution in [2.45, 2.75) is 78.1 Å². The number of allylic oxidation sites excluding steroid dienone is 2. The van der Waals surface area contributed by atoms with Gasteiger partial charge in [0.05, 0.1) is 11.4 Å². The summed E-state index contributed by atoms with van der Waals surface area (Å²) in [6, 6.07) is 49.1. The van der Waals surface area contributed by atoms with E-state index in [1.54, 1.807) is 11.1 Å². The van der Waals surface area contributed by atoms with Crippen LogP contribution in [0.1, 0.15) is 86.5 Å². The van der Waals surface area contributed by atoms with E-state index in [0.29, 0.717) is 0 Å². The number of rotatable bonds is 8. The van der Waals surface area contributed by atoms with E-state index >= 15 is 0 Å². The van der Waals surface area contributed by atoms with E-state index in [4.69, 9.17) is 0 Å². The number of nitrogens with zero attached hydrogens (tertiary/aromatic N) is 2. The van der Waals surface area contributed by atoms with Crippen LogP contribution in [-0.2, 0) is 0 Å². The summed E-state index contributed by atoms with van der Waals surface area (Å²) < 4.78 is 0. The molecule has 0 aromatic heterocycles. The number of hydrogen-bond acceptors (Lipinski definition) is 2. The summed E-state index contributed by atoms with van der Waals surface area (Å²) in [6.45, 7) is 4.61. The van der Waals surface area contributed by atoms with Crippen molar-refractivity contribution in [3.63, 3.8) is 0 Å². The number of fused-ring (bicyclic) bond motifs is 1. The highest BCUT2D eigenvalue weighted by molar-refractivity contribution is 6.10. The van der Waals surface area contributed by atoms with Gasteiger partial charge in [0, 0.05) is 33.5 Å². The van der Waals surface area contributed by atoms with Gasteiger partial charge < -0.3 is 9.80 Å². The molecule has 2 saturated carbocycles. The summed E-state index contributed by atoms with van der Waals surface area (Å²) in [7, 11) is 0. The van der Waals surface area contributed by atoms with Gasteiger partial charge in [-0.05, 0) is 136 Å². The van der Waals surface area contributed by atoms with Crippen LogP contribution in [0.5, 0.6) is 0 Å². The van der Waals surface area contributed by atoms with Gasteiger partial charge in [-0.3, -0.25) is 0 Å². The van der Waals surface area contributed by atoms with Crippen molar-refractivity contribution in [1.82, 2.24) is 0 Å². The van der Waals surface area contributed by atoms with E-state index < -0.39 is 0 Å². The molecule has 2 fully saturated rings. The van der Waals surface area contributed by atoms with Crippen LogP contribution < -0.4 is 9.80 Å². The molecule has 0 bridgehead atoms. The van der Waals surface area contributed by atoms with Crippen LogP contribution in [0, 0.1) is 13.8 Å². The Hall–Kier alpha value is -5.34. The van der Waals surface area contributed by atoms with Crippen molar-refractivity contribution in [1.29, 1.82) is 0 Å². The van der Waals surface area contributed by atoms with Gasteiger partial charge in [-0.2, -0.15) is 0 Å². The first kappa shape index (κ1) is 33.8. The SMILES string of the molecule is Cc1c(C)c(N(c2ccccc2)c2ccc(C=C3CCCCC3)cc2)c2ccccc2c1N(c1ccccc1)c1ccc(C=C2CCCCC2)cc1. The zero-order valence-electron chi connectivity index (χ0n) is 30.8. The summed E-state index contributed by atoms with van der Waals surface area (Å²) in [5, 5.41) is 2.47. The molecule has 6 aromatic rings. The molecule has 0 saturated heterocycles. The first-order valence-electron chi connectivity index (χ1n) is 19.5. The van der Waals surface area contributed by atoms with Crippen LogP contribution >= 0.6 is 0 Å². The minimum absolute atomic E-state index is 1.16. The van der Waals surface area contributed by atoms with Crippen LogP contribution in [0.15, 0.2) is 145 Å². The standard InChI is InChI=1S/C50H50N2/c1-37-38(2)50(52(44-23-13-6-14-24-44)46-33-29-42(30-34-46)36-40-19-9-4-10-20-40)48-26-16-15-25-47(48)49(37)51(43-21-11-5-12-22-43)45-31-27-41(28-32-45)35-39-17-7-3-8-18-39/h5-6,11-16,21-36H,3-4,7-10,17-20H2,1-2H3. The Balaban J connectivity index is 1.27. The first-order valence-corrected chi connectivity index (χ1v) is 19.5. The lowest BCUT2D eigenvalue weighted by Crippen LogP contribution is -2.16. The number of para-hydroxylation sites is 2. The molecule has 2 heteroatoms. The van der Waals surface area contributed by atoms with Crippen LogP contribution in [-0.4, -0.2) is 0 Å². The second kappa shape index (κ2) is 15.5. The van der Waals surface area contributed by atoms with Crippen LogP contribution in [0.3, 0.4) is 0 Å². The predicted molar refractivity (Wildman–Crippen MR) is 225 cm³/mol. The molecule has 0 heterocycles. The van der Waals surface area contributed by atoms with Gasteiger partial charge in [0.15, 0.2) is 0 Å². The van der Waals surface area contributed by atoms with Crippen LogP contribution in [0.25, 0.3) is 22.9 Å². The lowest BCUT2D eigenvalue weighted by atomic mass is 9.93. The molecule has 0 unspecified atom stereocenters. The summed E-state index contributed by atoms with van der Waals surface area (Å²) in [4.78, 5) is 4.93. The minimum Gasteiger partial charge on any atom is -0.310 e.